The predicted molar refractivity (Wildman–Crippen MR) is 130 cm³/mol. The second-order valence-corrected chi connectivity index (χ2v) is 9.85. The number of hydrogen-bond donors (Lipinski definition) is 2. The van der Waals surface area contributed by atoms with Crippen molar-refractivity contribution in [3.05, 3.63) is 88.1 Å². The lowest BCUT2D eigenvalue weighted by molar-refractivity contribution is -0.118. The van der Waals surface area contributed by atoms with Gasteiger partial charge < -0.3 is 5.73 Å². The zero-order chi connectivity index (χ0) is 24.0. The number of rotatable bonds is 3. The van der Waals surface area contributed by atoms with Gasteiger partial charge in [0, 0.05) is 41.2 Å². The van der Waals surface area contributed by atoms with Gasteiger partial charge in [-0.05, 0) is 41.2 Å². The normalized spacial score (nSPS) is 19.8. The van der Waals surface area contributed by atoms with Gasteiger partial charge in [-0.2, -0.15) is 10.4 Å². The SMILES string of the molecule is CC1(C)CC(=O)C2=C(C1)N(c1cc(-c3ccc(Cl)cc3)[nH]n1)C(N)=C(C#N)C2c1cccnc1. The van der Waals surface area contributed by atoms with Gasteiger partial charge in [0.15, 0.2) is 11.6 Å². The van der Waals surface area contributed by atoms with Crippen LogP contribution in [0.5, 0.6) is 0 Å². The monoisotopic (exact) mass is 470 g/mol. The number of H-pyrrole nitrogens is 1. The molecule has 1 aliphatic carbocycles. The summed E-state index contributed by atoms with van der Waals surface area (Å²) in [5.41, 5.74) is 10.5. The summed E-state index contributed by atoms with van der Waals surface area (Å²) in [7, 11) is 0. The molecule has 2 aliphatic rings. The van der Waals surface area contributed by atoms with Crippen molar-refractivity contribution in [2.75, 3.05) is 4.90 Å². The van der Waals surface area contributed by atoms with Gasteiger partial charge in [0.05, 0.1) is 23.3 Å². The van der Waals surface area contributed by atoms with E-state index in [1.54, 1.807) is 23.4 Å². The number of nitrogens with zero attached hydrogens (tertiary/aromatic N) is 4. The minimum atomic E-state index is -0.553. The highest BCUT2D eigenvalue weighted by molar-refractivity contribution is 6.30. The zero-order valence-electron chi connectivity index (χ0n) is 18.8. The van der Waals surface area contributed by atoms with E-state index in [9.17, 15) is 10.1 Å². The number of halogens is 1. The van der Waals surface area contributed by atoms with Crippen LogP contribution in [0.15, 0.2) is 77.5 Å². The van der Waals surface area contributed by atoms with Crippen LogP contribution >= 0.6 is 11.6 Å². The molecular formula is C26H23ClN6O. The number of benzene rings is 1. The molecular weight excluding hydrogens is 448 g/mol. The van der Waals surface area contributed by atoms with E-state index in [4.69, 9.17) is 17.3 Å². The second kappa shape index (κ2) is 8.15. The van der Waals surface area contributed by atoms with Crippen LogP contribution < -0.4 is 10.6 Å². The van der Waals surface area contributed by atoms with Gasteiger partial charge >= 0.3 is 0 Å². The molecule has 3 aromatic rings. The van der Waals surface area contributed by atoms with Gasteiger partial charge in [0.25, 0.3) is 0 Å². The fourth-order valence-electron chi connectivity index (χ4n) is 4.85. The summed E-state index contributed by atoms with van der Waals surface area (Å²) in [5.74, 6) is 0.259. The number of Topliss-reactive ketones (excluding diaryl/α,β-unsaturated/α-hetero) is 1. The molecule has 0 radical (unpaired) electrons. The van der Waals surface area contributed by atoms with Crippen molar-refractivity contribution in [2.45, 2.75) is 32.6 Å². The number of nitrogens with one attached hydrogen (secondary N) is 1. The number of aromatic nitrogens is 3. The summed E-state index contributed by atoms with van der Waals surface area (Å²) >= 11 is 6.03. The maximum absolute atomic E-state index is 13.5. The van der Waals surface area contributed by atoms with Gasteiger partial charge in [-0.3, -0.25) is 19.8 Å². The zero-order valence-corrected chi connectivity index (χ0v) is 19.6. The summed E-state index contributed by atoms with van der Waals surface area (Å²) in [5, 5.41) is 18.3. The fourth-order valence-corrected chi connectivity index (χ4v) is 4.98. The molecule has 8 heteroatoms. The Kier molecular flexibility index (Phi) is 5.26. The average molecular weight is 471 g/mol. The van der Waals surface area contributed by atoms with E-state index in [2.05, 4.69) is 35.1 Å². The van der Waals surface area contributed by atoms with Crippen LogP contribution in [-0.2, 0) is 4.79 Å². The van der Waals surface area contributed by atoms with Crippen LogP contribution in [0.1, 0.15) is 38.2 Å². The fraction of sp³-hybridized carbons (Fsp3) is 0.231. The Hall–Kier alpha value is -3.89. The number of carbonyl (C=O) groups is 1. The summed E-state index contributed by atoms with van der Waals surface area (Å²) in [6.45, 7) is 4.13. The highest BCUT2D eigenvalue weighted by Crippen LogP contribution is 2.50. The molecule has 3 heterocycles. The van der Waals surface area contributed by atoms with Crippen LogP contribution in [0.25, 0.3) is 11.3 Å². The topological polar surface area (TPSA) is 112 Å². The third kappa shape index (κ3) is 3.66. The molecule has 0 saturated heterocycles. The Labute approximate surface area is 202 Å². The molecule has 0 fully saturated rings. The largest absolute Gasteiger partial charge is 0.384 e. The number of carbonyl (C=O) groups excluding carboxylic acids is 1. The molecule has 2 aromatic heterocycles. The lowest BCUT2D eigenvalue weighted by Gasteiger charge is -2.42. The van der Waals surface area contributed by atoms with Crippen LogP contribution in [0, 0.1) is 16.7 Å². The van der Waals surface area contributed by atoms with E-state index in [1.807, 2.05) is 36.4 Å². The Morgan fingerprint density at radius 2 is 2.00 bits per heavy atom. The Morgan fingerprint density at radius 1 is 1.24 bits per heavy atom. The molecule has 1 aromatic carbocycles. The van der Waals surface area contributed by atoms with Crippen LogP contribution in [0.3, 0.4) is 0 Å². The number of hydrogen-bond acceptors (Lipinski definition) is 6. The maximum atomic E-state index is 13.5. The van der Waals surface area contributed by atoms with Gasteiger partial charge in [-0.1, -0.05) is 43.6 Å². The van der Waals surface area contributed by atoms with E-state index < -0.39 is 5.92 Å². The summed E-state index contributed by atoms with van der Waals surface area (Å²) in [6.07, 6.45) is 4.37. The van der Waals surface area contributed by atoms with Crippen molar-refractivity contribution in [2.24, 2.45) is 11.1 Å². The summed E-state index contributed by atoms with van der Waals surface area (Å²) in [4.78, 5) is 19.5. The van der Waals surface area contributed by atoms with Crippen molar-refractivity contribution in [1.82, 2.24) is 15.2 Å². The highest BCUT2D eigenvalue weighted by atomic mass is 35.5. The lowest BCUT2D eigenvalue weighted by Crippen LogP contribution is -2.42. The maximum Gasteiger partial charge on any atom is 0.162 e. The van der Waals surface area contributed by atoms with Crippen LogP contribution in [0.2, 0.25) is 5.02 Å². The van der Waals surface area contributed by atoms with Gasteiger partial charge in [-0.15, -0.1) is 0 Å². The van der Waals surface area contributed by atoms with E-state index in [-0.39, 0.29) is 17.0 Å². The van der Waals surface area contributed by atoms with Crippen LogP contribution in [0.4, 0.5) is 5.82 Å². The molecule has 0 amide bonds. The van der Waals surface area contributed by atoms with Gasteiger partial charge in [0.2, 0.25) is 0 Å². The molecule has 170 valence electrons. The third-order valence-electron chi connectivity index (χ3n) is 6.35. The van der Waals surface area contributed by atoms with Crippen molar-refractivity contribution in [3.8, 4) is 17.3 Å². The van der Waals surface area contributed by atoms with Gasteiger partial charge in [-0.25, -0.2) is 0 Å². The number of allylic oxidation sites excluding steroid dienone is 3. The second-order valence-electron chi connectivity index (χ2n) is 9.41. The molecule has 3 N–H and O–H groups in total. The highest BCUT2D eigenvalue weighted by Gasteiger charge is 2.45. The molecule has 5 rings (SSSR count). The predicted octanol–water partition coefficient (Wildman–Crippen LogP) is 5.07. The first kappa shape index (κ1) is 21.9. The number of nitriles is 1. The van der Waals surface area contributed by atoms with E-state index in [1.165, 1.54) is 0 Å². The molecule has 34 heavy (non-hydrogen) atoms. The van der Waals surface area contributed by atoms with Crippen molar-refractivity contribution in [1.29, 1.82) is 5.26 Å². The number of nitrogens with two attached hydrogens (primary N) is 1. The van der Waals surface area contributed by atoms with Crippen molar-refractivity contribution < 1.29 is 4.79 Å². The minimum Gasteiger partial charge on any atom is -0.384 e. The van der Waals surface area contributed by atoms with Crippen LogP contribution in [-0.4, -0.2) is 21.0 Å². The first-order chi connectivity index (χ1) is 16.3. The van der Waals surface area contributed by atoms with E-state index >= 15 is 0 Å². The van der Waals surface area contributed by atoms with E-state index in [0.717, 1.165) is 22.5 Å². The smallest absolute Gasteiger partial charge is 0.162 e. The number of pyridine rings is 1. The van der Waals surface area contributed by atoms with Gasteiger partial charge in [0.1, 0.15) is 5.82 Å². The molecule has 0 bridgehead atoms. The van der Waals surface area contributed by atoms with E-state index in [0.29, 0.717) is 34.8 Å². The molecule has 0 spiro atoms. The average Bonchev–Trinajstić information content (AvgIpc) is 3.28. The minimum absolute atomic E-state index is 0.0128. The Morgan fingerprint density at radius 3 is 2.68 bits per heavy atom. The first-order valence-electron chi connectivity index (χ1n) is 11.0. The molecule has 1 aliphatic heterocycles. The molecule has 0 saturated carbocycles. The summed E-state index contributed by atoms with van der Waals surface area (Å²) < 4.78 is 0. The Balaban J connectivity index is 1.69. The number of aromatic amines is 1. The van der Waals surface area contributed by atoms with Crippen molar-refractivity contribution >= 4 is 23.2 Å². The standard InChI is InChI=1S/C26H23ClN6O/c1-26(2)11-20-24(21(34)12-26)23(16-4-3-9-30-14-16)18(13-28)25(29)33(20)22-10-19(31-32-22)15-5-7-17(27)8-6-15/h3-10,14,23H,11-12,29H2,1-2H3,(H,31,32). The molecule has 7 nitrogen and oxygen atoms in total. The number of ketones is 1. The Bertz CT molecular complexity index is 1380. The molecule has 1 unspecified atom stereocenters. The third-order valence-corrected chi connectivity index (χ3v) is 6.60. The summed E-state index contributed by atoms with van der Waals surface area (Å²) in [6, 6.07) is 15.2. The first-order valence-corrected chi connectivity index (χ1v) is 11.3. The van der Waals surface area contributed by atoms with Crippen molar-refractivity contribution in [3.63, 3.8) is 0 Å². The molecule has 1 atom stereocenters. The number of anilines is 1. The quantitative estimate of drug-likeness (QED) is 0.553. The lowest BCUT2D eigenvalue weighted by atomic mass is 9.69.